The van der Waals surface area contributed by atoms with Crippen molar-refractivity contribution < 1.29 is 9.72 Å². The molecule has 2 aromatic rings. The Kier molecular flexibility index (Phi) is 3.87. The molecule has 1 aliphatic heterocycles. The molecule has 5 nitrogen and oxygen atoms in total. The molecule has 0 saturated carbocycles. The number of nitrogens with zero attached hydrogens (tertiary/aromatic N) is 2. The highest BCUT2D eigenvalue weighted by Gasteiger charge is 2.27. The zero-order chi connectivity index (χ0) is 15.9. The van der Waals surface area contributed by atoms with Crippen molar-refractivity contribution in [3.8, 4) is 0 Å². The van der Waals surface area contributed by atoms with E-state index in [2.05, 4.69) is 13.8 Å². The highest BCUT2D eigenvalue weighted by atomic mass is 32.1. The highest BCUT2D eigenvalue weighted by Crippen LogP contribution is 2.31. The van der Waals surface area contributed by atoms with Crippen LogP contribution in [0.25, 0.3) is 10.1 Å². The Morgan fingerprint density at radius 1 is 1.27 bits per heavy atom. The van der Waals surface area contributed by atoms with Crippen molar-refractivity contribution in [3.63, 3.8) is 0 Å². The van der Waals surface area contributed by atoms with E-state index in [0.29, 0.717) is 16.7 Å². The first kappa shape index (κ1) is 15.0. The molecule has 6 heteroatoms. The third-order valence-corrected chi connectivity index (χ3v) is 5.18. The standard InChI is InChI=1S/C16H18N2O3S/c1-10-5-11(2)9-17(8-10)16(19)15-7-12-6-13(18(20)21)3-4-14(12)22-15/h3-4,6-7,10-11H,5,8-9H2,1-2H3. The van der Waals surface area contributed by atoms with Crippen molar-refractivity contribution in [3.05, 3.63) is 39.3 Å². The molecule has 0 spiro atoms. The lowest BCUT2D eigenvalue weighted by atomic mass is 9.92. The van der Waals surface area contributed by atoms with Crippen LogP contribution in [0, 0.1) is 22.0 Å². The molecule has 0 aliphatic carbocycles. The van der Waals surface area contributed by atoms with Gasteiger partial charge in [-0.1, -0.05) is 13.8 Å². The van der Waals surface area contributed by atoms with Gasteiger partial charge in [0.15, 0.2) is 0 Å². The van der Waals surface area contributed by atoms with Crippen LogP contribution >= 0.6 is 11.3 Å². The molecular formula is C16H18N2O3S. The number of nitro groups is 1. The van der Waals surface area contributed by atoms with E-state index in [0.717, 1.165) is 29.6 Å². The smallest absolute Gasteiger partial charge is 0.270 e. The van der Waals surface area contributed by atoms with Gasteiger partial charge in [0.1, 0.15) is 0 Å². The zero-order valence-corrected chi connectivity index (χ0v) is 13.4. The van der Waals surface area contributed by atoms with E-state index in [9.17, 15) is 14.9 Å². The van der Waals surface area contributed by atoms with Gasteiger partial charge in [0, 0.05) is 35.3 Å². The molecule has 0 radical (unpaired) electrons. The summed E-state index contributed by atoms with van der Waals surface area (Å²) in [5.74, 6) is 1.08. The minimum atomic E-state index is -0.410. The zero-order valence-electron chi connectivity index (χ0n) is 12.6. The van der Waals surface area contributed by atoms with Crippen molar-refractivity contribution in [2.75, 3.05) is 13.1 Å². The van der Waals surface area contributed by atoms with E-state index in [-0.39, 0.29) is 11.6 Å². The summed E-state index contributed by atoms with van der Waals surface area (Å²) in [7, 11) is 0. The summed E-state index contributed by atoms with van der Waals surface area (Å²) in [5.41, 5.74) is 0.0597. The predicted octanol–water partition coefficient (Wildman–Crippen LogP) is 3.93. The van der Waals surface area contributed by atoms with Crippen molar-refractivity contribution in [1.82, 2.24) is 4.90 Å². The van der Waals surface area contributed by atoms with Crippen LogP contribution < -0.4 is 0 Å². The number of carbonyl (C=O) groups is 1. The third kappa shape index (κ3) is 2.83. The molecule has 3 rings (SSSR count). The van der Waals surface area contributed by atoms with E-state index in [1.54, 1.807) is 12.1 Å². The number of amides is 1. The molecule has 1 amide bonds. The van der Waals surface area contributed by atoms with Crippen LogP contribution in [-0.4, -0.2) is 28.8 Å². The van der Waals surface area contributed by atoms with Gasteiger partial charge in [0.25, 0.3) is 11.6 Å². The van der Waals surface area contributed by atoms with E-state index in [1.165, 1.54) is 23.5 Å². The number of carbonyl (C=O) groups excluding carboxylic acids is 1. The molecule has 2 atom stereocenters. The van der Waals surface area contributed by atoms with Crippen LogP contribution in [0.1, 0.15) is 29.9 Å². The minimum absolute atomic E-state index is 0.0438. The number of benzene rings is 1. The Morgan fingerprint density at radius 2 is 1.95 bits per heavy atom. The van der Waals surface area contributed by atoms with Crippen molar-refractivity contribution in [2.24, 2.45) is 11.8 Å². The van der Waals surface area contributed by atoms with Crippen LogP contribution in [0.2, 0.25) is 0 Å². The fourth-order valence-electron chi connectivity index (χ4n) is 3.23. The molecule has 22 heavy (non-hydrogen) atoms. The third-order valence-electron chi connectivity index (χ3n) is 4.08. The largest absolute Gasteiger partial charge is 0.337 e. The molecule has 0 bridgehead atoms. The highest BCUT2D eigenvalue weighted by molar-refractivity contribution is 7.20. The van der Waals surface area contributed by atoms with Gasteiger partial charge in [0.05, 0.1) is 9.80 Å². The number of piperidine rings is 1. The maximum absolute atomic E-state index is 12.7. The summed E-state index contributed by atoms with van der Waals surface area (Å²) in [6.45, 7) is 5.92. The summed E-state index contributed by atoms with van der Waals surface area (Å²) in [6.07, 6.45) is 1.16. The number of hydrogen-bond acceptors (Lipinski definition) is 4. The van der Waals surface area contributed by atoms with Gasteiger partial charge >= 0.3 is 0 Å². The first-order chi connectivity index (χ1) is 10.4. The second-order valence-electron chi connectivity index (χ2n) is 6.25. The number of nitro benzene ring substituents is 1. The van der Waals surface area contributed by atoms with Crippen LogP contribution in [0.15, 0.2) is 24.3 Å². The van der Waals surface area contributed by atoms with Crippen LogP contribution in [-0.2, 0) is 0 Å². The lowest BCUT2D eigenvalue weighted by molar-refractivity contribution is -0.384. The Balaban J connectivity index is 1.89. The number of non-ortho nitro benzene ring substituents is 1. The van der Waals surface area contributed by atoms with E-state index in [1.807, 2.05) is 4.90 Å². The topological polar surface area (TPSA) is 63.5 Å². The second kappa shape index (κ2) is 5.68. The van der Waals surface area contributed by atoms with Crippen molar-refractivity contribution >= 4 is 33.0 Å². The number of hydrogen-bond donors (Lipinski definition) is 0. The fraction of sp³-hybridized carbons (Fsp3) is 0.438. The Morgan fingerprint density at radius 3 is 2.59 bits per heavy atom. The van der Waals surface area contributed by atoms with E-state index >= 15 is 0 Å². The average Bonchev–Trinajstić information content (AvgIpc) is 2.88. The van der Waals surface area contributed by atoms with Crippen LogP contribution in [0.5, 0.6) is 0 Å². The first-order valence-electron chi connectivity index (χ1n) is 7.41. The Bertz CT molecular complexity index is 730. The Labute approximate surface area is 132 Å². The quantitative estimate of drug-likeness (QED) is 0.622. The molecule has 1 aromatic heterocycles. The average molecular weight is 318 g/mol. The number of thiophene rings is 1. The molecule has 1 saturated heterocycles. The van der Waals surface area contributed by atoms with Gasteiger partial charge in [0.2, 0.25) is 0 Å². The van der Waals surface area contributed by atoms with Gasteiger partial charge in [-0.3, -0.25) is 14.9 Å². The molecule has 116 valence electrons. The van der Waals surface area contributed by atoms with Gasteiger partial charge in [-0.25, -0.2) is 0 Å². The van der Waals surface area contributed by atoms with Crippen LogP contribution in [0.4, 0.5) is 5.69 Å². The lowest BCUT2D eigenvalue weighted by Crippen LogP contribution is -2.42. The normalized spacial score (nSPS) is 22.0. The summed E-state index contributed by atoms with van der Waals surface area (Å²) < 4.78 is 0.909. The van der Waals surface area contributed by atoms with E-state index < -0.39 is 4.92 Å². The molecule has 1 aliphatic rings. The Hall–Kier alpha value is -1.95. The molecule has 2 heterocycles. The van der Waals surface area contributed by atoms with E-state index in [4.69, 9.17) is 0 Å². The fourth-order valence-corrected chi connectivity index (χ4v) is 4.25. The summed E-state index contributed by atoms with van der Waals surface area (Å²) in [5, 5.41) is 11.6. The molecule has 2 unspecified atom stereocenters. The molecule has 1 fully saturated rings. The number of fused-ring (bicyclic) bond motifs is 1. The maximum atomic E-state index is 12.7. The van der Waals surface area contributed by atoms with Gasteiger partial charge < -0.3 is 4.90 Å². The molecule has 0 N–H and O–H groups in total. The first-order valence-corrected chi connectivity index (χ1v) is 8.23. The summed E-state index contributed by atoms with van der Waals surface area (Å²) in [4.78, 5) is 25.7. The monoisotopic (exact) mass is 318 g/mol. The summed E-state index contributed by atoms with van der Waals surface area (Å²) in [6, 6.07) is 6.51. The molecule has 1 aromatic carbocycles. The van der Waals surface area contributed by atoms with Crippen molar-refractivity contribution in [2.45, 2.75) is 20.3 Å². The molecular weight excluding hydrogens is 300 g/mol. The van der Waals surface area contributed by atoms with Crippen LogP contribution in [0.3, 0.4) is 0 Å². The second-order valence-corrected chi connectivity index (χ2v) is 7.33. The predicted molar refractivity (Wildman–Crippen MR) is 87.3 cm³/mol. The summed E-state index contributed by atoms with van der Waals surface area (Å²) >= 11 is 1.41. The van der Waals surface area contributed by atoms with Gasteiger partial charge in [-0.05, 0) is 30.4 Å². The maximum Gasteiger partial charge on any atom is 0.270 e. The lowest BCUT2D eigenvalue weighted by Gasteiger charge is -2.34. The SMILES string of the molecule is CC1CC(C)CN(C(=O)c2cc3cc([N+](=O)[O-])ccc3s2)C1. The van der Waals surface area contributed by atoms with Gasteiger partial charge in [-0.15, -0.1) is 11.3 Å². The van der Waals surface area contributed by atoms with Gasteiger partial charge in [-0.2, -0.15) is 0 Å². The minimum Gasteiger partial charge on any atom is -0.337 e. The van der Waals surface area contributed by atoms with Crippen molar-refractivity contribution in [1.29, 1.82) is 0 Å². The number of rotatable bonds is 2. The number of likely N-dealkylation sites (tertiary alicyclic amines) is 1.